The summed E-state index contributed by atoms with van der Waals surface area (Å²) in [5.41, 5.74) is 1.76. The molecule has 1 aromatic carbocycles. The van der Waals surface area contributed by atoms with Gasteiger partial charge in [-0.15, -0.1) is 0 Å². The van der Waals surface area contributed by atoms with Crippen LogP contribution in [-0.4, -0.2) is 17.4 Å². The Morgan fingerprint density at radius 2 is 2.16 bits per heavy atom. The number of aromatic nitrogens is 1. The van der Waals surface area contributed by atoms with Gasteiger partial charge in [0.2, 0.25) is 0 Å². The van der Waals surface area contributed by atoms with Crippen molar-refractivity contribution >= 4 is 16.7 Å². The summed E-state index contributed by atoms with van der Waals surface area (Å²) in [6.45, 7) is 6.81. The molecule has 0 saturated carbocycles. The highest BCUT2D eigenvalue weighted by Crippen LogP contribution is 2.25. The van der Waals surface area contributed by atoms with Crippen molar-refractivity contribution in [3.05, 3.63) is 30.0 Å². The van der Waals surface area contributed by atoms with Crippen LogP contribution in [-0.2, 0) is 0 Å². The first-order chi connectivity index (χ1) is 9.15. The van der Waals surface area contributed by atoms with Crippen molar-refractivity contribution in [1.29, 1.82) is 0 Å². The maximum atomic E-state index is 12.3. The van der Waals surface area contributed by atoms with E-state index >= 15 is 0 Å². The fourth-order valence-corrected chi connectivity index (χ4v) is 2.16. The molecule has 1 unspecified atom stereocenters. The average molecular weight is 259 g/mol. The van der Waals surface area contributed by atoms with Gasteiger partial charge in [-0.05, 0) is 31.0 Å². The van der Waals surface area contributed by atoms with Crippen molar-refractivity contribution in [2.24, 2.45) is 5.92 Å². The van der Waals surface area contributed by atoms with Crippen LogP contribution >= 0.6 is 0 Å². The second-order valence-corrected chi connectivity index (χ2v) is 4.98. The van der Waals surface area contributed by atoms with Crippen molar-refractivity contribution in [1.82, 2.24) is 4.98 Å². The number of aromatic amines is 1. The summed E-state index contributed by atoms with van der Waals surface area (Å²) < 4.78 is 5.50. The van der Waals surface area contributed by atoms with Gasteiger partial charge in [0.1, 0.15) is 5.75 Å². The molecule has 0 bridgehead atoms. The maximum absolute atomic E-state index is 12.3. The smallest absolute Gasteiger partial charge is 0.165 e. The highest BCUT2D eigenvalue weighted by Gasteiger charge is 2.15. The van der Waals surface area contributed by atoms with Gasteiger partial charge in [-0.25, -0.2) is 0 Å². The molecule has 1 aromatic heterocycles. The molecule has 0 aliphatic heterocycles. The SMILES string of the molecule is CCOc1ccc2[nH]cc(C(=O)CC(C)CC)c2c1. The Morgan fingerprint density at radius 3 is 2.84 bits per heavy atom. The summed E-state index contributed by atoms with van der Waals surface area (Å²) in [5.74, 6) is 1.44. The molecule has 3 heteroatoms. The van der Waals surface area contributed by atoms with Gasteiger partial charge >= 0.3 is 0 Å². The molecule has 102 valence electrons. The Labute approximate surface area is 114 Å². The average Bonchev–Trinajstić information content (AvgIpc) is 2.82. The largest absolute Gasteiger partial charge is 0.494 e. The van der Waals surface area contributed by atoms with Crippen LogP contribution in [0.2, 0.25) is 0 Å². The van der Waals surface area contributed by atoms with Crippen molar-refractivity contribution in [2.45, 2.75) is 33.6 Å². The van der Waals surface area contributed by atoms with E-state index in [1.54, 1.807) is 0 Å². The van der Waals surface area contributed by atoms with Gasteiger partial charge < -0.3 is 9.72 Å². The number of hydrogen-bond acceptors (Lipinski definition) is 2. The van der Waals surface area contributed by atoms with Crippen LogP contribution in [0.3, 0.4) is 0 Å². The molecule has 19 heavy (non-hydrogen) atoms. The van der Waals surface area contributed by atoms with E-state index in [1.807, 2.05) is 31.3 Å². The van der Waals surface area contributed by atoms with Crippen LogP contribution in [0.25, 0.3) is 10.9 Å². The summed E-state index contributed by atoms with van der Waals surface area (Å²) in [5, 5.41) is 0.958. The number of carbonyl (C=O) groups is 1. The van der Waals surface area contributed by atoms with Crippen molar-refractivity contribution in [3.63, 3.8) is 0 Å². The Hall–Kier alpha value is -1.77. The minimum absolute atomic E-state index is 0.203. The summed E-state index contributed by atoms with van der Waals surface area (Å²) >= 11 is 0. The van der Waals surface area contributed by atoms with E-state index in [0.29, 0.717) is 18.9 Å². The number of H-pyrrole nitrogens is 1. The number of ketones is 1. The third-order valence-electron chi connectivity index (χ3n) is 3.50. The van der Waals surface area contributed by atoms with Crippen LogP contribution < -0.4 is 4.74 Å². The van der Waals surface area contributed by atoms with Gasteiger partial charge in [0.05, 0.1) is 6.61 Å². The monoisotopic (exact) mass is 259 g/mol. The second-order valence-electron chi connectivity index (χ2n) is 4.98. The quantitative estimate of drug-likeness (QED) is 0.790. The minimum Gasteiger partial charge on any atom is -0.494 e. The molecule has 1 atom stereocenters. The van der Waals surface area contributed by atoms with Gasteiger partial charge in [0, 0.05) is 29.1 Å². The molecule has 2 aromatic rings. The summed E-state index contributed by atoms with van der Waals surface area (Å²) in [4.78, 5) is 15.5. The standard InChI is InChI=1S/C16H21NO2/c1-4-11(3)8-16(18)14-10-17-15-7-6-12(19-5-2)9-13(14)15/h6-7,9-11,17H,4-5,8H2,1-3H3. The Morgan fingerprint density at radius 1 is 1.37 bits per heavy atom. The number of fused-ring (bicyclic) bond motifs is 1. The Balaban J connectivity index is 2.32. The number of hydrogen-bond donors (Lipinski definition) is 1. The molecular weight excluding hydrogens is 238 g/mol. The number of Topliss-reactive ketones (excluding diaryl/α,β-unsaturated/α-hetero) is 1. The fraction of sp³-hybridized carbons (Fsp3) is 0.438. The molecule has 1 heterocycles. The summed E-state index contributed by atoms with van der Waals surface area (Å²) in [6.07, 6.45) is 3.44. The van der Waals surface area contributed by atoms with Gasteiger partial charge in [-0.1, -0.05) is 20.3 Å². The Kier molecular flexibility index (Phi) is 4.25. The second kappa shape index (κ2) is 5.91. The molecule has 0 saturated heterocycles. The van der Waals surface area contributed by atoms with E-state index in [9.17, 15) is 4.79 Å². The van der Waals surface area contributed by atoms with E-state index in [1.165, 1.54) is 0 Å². The van der Waals surface area contributed by atoms with Crippen molar-refractivity contribution < 1.29 is 9.53 Å². The van der Waals surface area contributed by atoms with Crippen molar-refractivity contribution in [3.8, 4) is 5.75 Å². The molecule has 0 aliphatic carbocycles. The zero-order valence-electron chi connectivity index (χ0n) is 11.8. The number of carbonyl (C=O) groups excluding carboxylic acids is 1. The fourth-order valence-electron chi connectivity index (χ4n) is 2.16. The van der Waals surface area contributed by atoms with Crippen LogP contribution in [0.1, 0.15) is 44.0 Å². The molecule has 0 amide bonds. The van der Waals surface area contributed by atoms with E-state index in [-0.39, 0.29) is 5.78 Å². The molecule has 0 aliphatic rings. The molecule has 3 nitrogen and oxygen atoms in total. The molecular formula is C16H21NO2. The minimum atomic E-state index is 0.203. The van der Waals surface area contributed by atoms with Crippen LogP contribution in [0.15, 0.2) is 24.4 Å². The first kappa shape index (κ1) is 13.7. The van der Waals surface area contributed by atoms with Crippen LogP contribution in [0.4, 0.5) is 0 Å². The molecule has 2 rings (SSSR count). The zero-order chi connectivity index (χ0) is 13.8. The molecule has 1 N–H and O–H groups in total. The highest BCUT2D eigenvalue weighted by molar-refractivity contribution is 6.08. The van der Waals surface area contributed by atoms with Crippen LogP contribution in [0.5, 0.6) is 5.75 Å². The number of nitrogens with one attached hydrogen (secondary N) is 1. The lowest BCUT2D eigenvalue weighted by Crippen LogP contribution is -2.04. The summed E-state index contributed by atoms with van der Waals surface area (Å²) in [7, 11) is 0. The lowest BCUT2D eigenvalue weighted by molar-refractivity contribution is 0.0965. The van der Waals surface area contributed by atoms with Gasteiger partial charge in [0.25, 0.3) is 0 Å². The van der Waals surface area contributed by atoms with E-state index in [4.69, 9.17) is 4.74 Å². The normalized spacial score (nSPS) is 12.6. The maximum Gasteiger partial charge on any atom is 0.165 e. The van der Waals surface area contributed by atoms with Crippen molar-refractivity contribution in [2.75, 3.05) is 6.61 Å². The Bertz CT molecular complexity index is 571. The van der Waals surface area contributed by atoms with E-state index < -0.39 is 0 Å². The van der Waals surface area contributed by atoms with Gasteiger partial charge in [0.15, 0.2) is 5.78 Å². The molecule has 0 fully saturated rings. The first-order valence-corrected chi connectivity index (χ1v) is 6.92. The number of ether oxygens (including phenoxy) is 1. The molecule has 0 spiro atoms. The third kappa shape index (κ3) is 2.98. The highest BCUT2D eigenvalue weighted by atomic mass is 16.5. The third-order valence-corrected chi connectivity index (χ3v) is 3.50. The van der Waals surface area contributed by atoms with E-state index in [0.717, 1.165) is 28.6 Å². The zero-order valence-corrected chi connectivity index (χ0v) is 11.8. The summed E-state index contributed by atoms with van der Waals surface area (Å²) in [6, 6.07) is 5.82. The topological polar surface area (TPSA) is 42.1 Å². The number of benzene rings is 1. The first-order valence-electron chi connectivity index (χ1n) is 6.92. The van der Waals surface area contributed by atoms with E-state index in [2.05, 4.69) is 18.8 Å². The number of rotatable bonds is 6. The molecule has 0 radical (unpaired) electrons. The predicted molar refractivity (Wildman–Crippen MR) is 77.9 cm³/mol. The van der Waals surface area contributed by atoms with Gasteiger partial charge in [-0.3, -0.25) is 4.79 Å². The lowest BCUT2D eigenvalue weighted by Gasteiger charge is -2.07. The predicted octanol–water partition coefficient (Wildman–Crippen LogP) is 4.19. The van der Waals surface area contributed by atoms with Gasteiger partial charge in [-0.2, -0.15) is 0 Å². The lowest BCUT2D eigenvalue weighted by atomic mass is 9.97. The van der Waals surface area contributed by atoms with Crippen LogP contribution in [0, 0.1) is 5.92 Å².